The summed E-state index contributed by atoms with van der Waals surface area (Å²) in [6, 6.07) is 15.1. The van der Waals surface area contributed by atoms with Crippen LogP contribution < -0.4 is 10.2 Å². The molecule has 136 valence electrons. The van der Waals surface area contributed by atoms with Crippen molar-refractivity contribution in [3.63, 3.8) is 0 Å². The number of halogens is 1. The largest absolute Gasteiger partial charge is 0.465 e. The molecule has 0 atom stereocenters. The van der Waals surface area contributed by atoms with Crippen molar-refractivity contribution in [2.75, 3.05) is 23.9 Å². The van der Waals surface area contributed by atoms with Gasteiger partial charge in [0.1, 0.15) is 18.0 Å². The van der Waals surface area contributed by atoms with Crippen LogP contribution in [0, 0.1) is 0 Å². The first-order chi connectivity index (χ1) is 13.2. The smallest absolute Gasteiger partial charge is 0.337 e. The Morgan fingerprint density at radius 2 is 2.04 bits per heavy atom. The minimum atomic E-state index is -0.424. The number of nitrogens with one attached hydrogen (secondary N) is 1. The number of carbonyl (C=O) groups excluding carboxylic acids is 1. The Balaban J connectivity index is 1.62. The molecule has 0 radical (unpaired) electrons. The van der Waals surface area contributed by atoms with Gasteiger partial charge in [0.2, 0.25) is 0 Å². The molecule has 0 amide bonds. The van der Waals surface area contributed by atoms with Gasteiger partial charge in [-0.25, -0.2) is 14.8 Å². The minimum absolute atomic E-state index is 0.409. The molecule has 2 aromatic carbocycles. The number of rotatable bonds is 4. The van der Waals surface area contributed by atoms with Crippen LogP contribution in [-0.4, -0.2) is 29.6 Å². The van der Waals surface area contributed by atoms with Crippen LogP contribution in [0.25, 0.3) is 0 Å². The quantitative estimate of drug-likeness (QED) is 0.678. The molecule has 27 heavy (non-hydrogen) atoms. The highest BCUT2D eigenvalue weighted by molar-refractivity contribution is 6.33. The first-order valence-electron chi connectivity index (χ1n) is 8.48. The minimum Gasteiger partial charge on any atom is -0.465 e. The third-order valence-electron chi connectivity index (χ3n) is 4.47. The standard InChI is InChI=1S/C20H17ClN4O2/c1-27-20(26)14-6-7-15(21)16(10-14)24-18-11-19(23-12-22-18)25-9-8-13-4-2-3-5-17(13)25/h2-7,10-12H,8-9H2,1H3,(H,22,23,24). The van der Waals surface area contributed by atoms with Crippen LogP contribution in [0.2, 0.25) is 5.02 Å². The Morgan fingerprint density at radius 1 is 1.19 bits per heavy atom. The molecule has 1 aliphatic heterocycles. The topological polar surface area (TPSA) is 67.3 Å². The molecule has 0 bridgehead atoms. The third-order valence-corrected chi connectivity index (χ3v) is 4.80. The molecule has 3 aromatic rings. The molecule has 0 saturated carbocycles. The van der Waals surface area contributed by atoms with E-state index in [4.69, 9.17) is 16.3 Å². The number of ether oxygens (including phenoxy) is 1. The van der Waals surface area contributed by atoms with E-state index in [1.54, 1.807) is 18.2 Å². The second-order valence-corrected chi connectivity index (χ2v) is 6.51. The highest BCUT2D eigenvalue weighted by Gasteiger charge is 2.21. The molecule has 4 rings (SSSR count). The van der Waals surface area contributed by atoms with Gasteiger partial charge in [-0.3, -0.25) is 0 Å². The number of hydrogen-bond acceptors (Lipinski definition) is 6. The van der Waals surface area contributed by atoms with Crippen molar-refractivity contribution < 1.29 is 9.53 Å². The summed E-state index contributed by atoms with van der Waals surface area (Å²) in [5.74, 6) is 0.970. The van der Waals surface area contributed by atoms with E-state index in [0.29, 0.717) is 22.1 Å². The number of anilines is 4. The second-order valence-electron chi connectivity index (χ2n) is 6.10. The van der Waals surface area contributed by atoms with Gasteiger partial charge < -0.3 is 15.0 Å². The van der Waals surface area contributed by atoms with Crippen LogP contribution in [0.1, 0.15) is 15.9 Å². The molecule has 1 N–H and O–H groups in total. The summed E-state index contributed by atoms with van der Waals surface area (Å²) in [6.45, 7) is 0.869. The maximum absolute atomic E-state index is 11.7. The van der Waals surface area contributed by atoms with E-state index in [9.17, 15) is 4.79 Å². The van der Waals surface area contributed by atoms with Gasteiger partial charge in [-0.05, 0) is 36.2 Å². The first kappa shape index (κ1) is 17.3. The van der Waals surface area contributed by atoms with Crippen LogP contribution >= 0.6 is 11.6 Å². The van der Waals surface area contributed by atoms with E-state index < -0.39 is 5.97 Å². The van der Waals surface area contributed by atoms with Crippen LogP contribution in [0.15, 0.2) is 54.9 Å². The fourth-order valence-corrected chi connectivity index (χ4v) is 3.31. The van der Waals surface area contributed by atoms with Gasteiger partial charge in [0.15, 0.2) is 0 Å². The monoisotopic (exact) mass is 380 g/mol. The SMILES string of the molecule is COC(=O)c1ccc(Cl)c(Nc2cc(N3CCc4ccccc43)ncn2)c1. The van der Waals surface area contributed by atoms with Crippen LogP contribution in [0.4, 0.5) is 23.0 Å². The lowest BCUT2D eigenvalue weighted by Crippen LogP contribution is -2.15. The van der Waals surface area contributed by atoms with Crippen molar-refractivity contribution >= 4 is 40.6 Å². The number of fused-ring (bicyclic) bond motifs is 1. The summed E-state index contributed by atoms with van der Waals surface area (Å²) < 4.78 is 4.76. The average molecular weight is 381 g/mol. The third kappa shape index (κ3) is 3.44. The maximum Gasteiger partial charge on any atom is 0.337 e. The maximum atomic E-state index is 11.7. The fraction of sp³-hybridized carbons (Fsp3) is 0.150. The number of esters is 1. The van der Waals surface area contributed by atoms with Crippen molar-refractivity contribution in [3.8, 4) is 0 Å². The van der Waals surface area contributed by atoms with Gasteiger partial charge in [0.05, 0.1) is 23.4 Å². The van der Waals surface area contributed by atoms with E-state index in [2.05, 4.69) is 32.3 Å². The molecule has 1 aromatic heterocycles. The second kappa shape index (κ2) is 7.25. The first-order valence-corrected chi connectivity index (χ1v) is 8.86. The van der Waals surface area contributed by atoms with E-state index in [-0.39, 0.29) is 0 Å². The van der Waals surface area contributed by atoms with Gasteiger partial charge in [-0.2, -0.15) is 0 Å². The summed E-state index contributed by atoms with van der Waals surface area (Å²) in [4.78, 5) is 22.6. The van der Waals surface area contributed by atoms with Crippen molar-refractivity contribution in [3.05, 3.63) is 71.0 Å². The summed E-state index contributed by atoms with van der Waals surface area (Å²) in [7, 11) is 1.34. The number of para-hydroxylation sites is 1. The predicted octanol–water partition coefficient (Wildman–Crippen LogP) is 4.35. The number of hydrogen-bond donors (Lipinski definition) is 1. The number of carbonyl (C=O) groups is 1. The molecule has 0 saturated heterocycles. The molecular formula is C20H17ClN4O2. The fourth-order valence-electron chi connectivity index (χ4n) is 3.14. The van der Waals surface area contributed by atoms with E-state index in [1.807, 2.05) is 18.2 Å². The summed E-state index contributed by atoms with van der Waals surface area (Å²) >= 11 is 6.26. The number of nitrogens with zero attached hydrogens (tertiary/aromatic N) is 3. The molecule has 0 fully saturated rings. The molecule has 0 unspecified atom stereocenters. The Labute approximate surface area is 161 Å². The Bertz CT molecular complexity index is 1010. The lowest BCUT2D eigenvalue weighted by Gasteiger charge is -2.19. The highest BCUT2D eigenvalue weighted by Crippen LogP contribution is 2.34. The van der Waals surface area contributed by atoms with Gasteiger partial charge >= 0.3 is 5.97 Å². The molecule has 0 spiro atoms. The molecule has 7 heteroatoms. The highest BCUT2D eigenvalue weighted by atomic mass is 35.5. The van der Waals surface area contributed by atoms with Gasteiger partial charge in [0, 0.05) is 18.3 Å². The number of aromatic nitrogens is 2. The predicted molar refractivity (Wildman–Crippen MR) is 105 cm³/mol. The number of methoxy groups -OCH3 is 1. The molecule has 6 nitrogen and oxygen atoms in total. The average Bonchev–Trinajstić information content (AvgIpc) is 3.13. The van der Waals surface area contributed by atoms with Crippen molar-refractivity contribution in [1.29, 1.82) is 0 Å². The van der Waals surface area contributed by atoms with Crippen LogP contribution in [0.5, 0.6) is 0 Å². The molecule has 2 heterocycles. The Morgan fingerprint density at radius 3 is 2.89 bits per heavy atom. The zero-order valence-electron chi connectivity index (χ0n) is 14.6. The molecule has 1 aliphatic rings. The summed E-state index contributed by atoms with van der Waals surface area (Å²) in [5, 5.41) is 3.64. The Kier molecular flexibility index (Phi) is 4.64. The lowest BCUT2D eigenvalue weighted by molar-refractivity contribution is 0.0601. The normalized spacial score (nSPS) is 12.6. The summed E-state index contributed by atoms with van der Waals surface area (Å²) in [6.07, 6.45) is 2.49. The van der Waals surface area contributed by atoms with Crippen molar-refractivity contribution in [2.24, 2.45) is 0 Å². The molecular weight excluding hydrogens is 364 g/mol. The van der Waals surface area contributed by atoms with Crippen molar-refractivity contribution in [1.82, 2.24) is 9.97 Å². The van der Waals surface area contributed by atoms with Crippen molar-refractivity contribution in [2.45, 2.75) is 6.42 Å². The van der Waals surface area contributed by atoms with Gasteiger partial charge in [-0.15, -0.1) is 0 Å². The van der Waals surface area contributed by atoms with E-state index >= 15 is 0 Å². The van der Waals surface area contributed by atoms with Crippen LogP contribution in [-0.2, 0) is 11.2 Å². The van der Waals surface area contributed by atoms with Gasteiger partial charge in [0.25, 0.3) is 0 Å². The number of benzene rings is 2. The lowest BCUT2D eigenvalue weighted by atomic mass is 10.2. The zero-order chi connectivity index (χ0) is 18.8. The van der Waals surface area contributed by atoms with E-state index in [0.717, 1.165) is 24.5 Å². The zero-order valence-corrected chi connectivity index (χ0v) is 15.4. The Hall–Kier alpha value is -3.12. The van der Waals surface area contributed by atoms with E-state index in [1.165, 1.54) is 19.0 Å². The summed E-state index contributed by atoms with van der Waals surface area (Å²) in [5.41, 5.74) is 3.45. The molecule has 0 aliphatic carbocycles. The van der Waals surface area contributed by atoms with Gasteiger partial charge in [-0.1, -0.05) is 29.8 Å². The van der Waals surface area contributed by atoms with Crippen LogP contribution in [0.3, 0.4) is 0 Å².